The number of nitrogens with one attached hydrogen (secondary N) is 1. The molecule has 2 heterocycles. The number of ether oxygens (including phenoxy) is 1. The van der Waals surface area contributed by atoms with Crippen LogP contribution >= 0.6 is 0 Å². The van der Waals surface area contributed by atoms with Gasteiger partial charge in [0.15, 0.2) is 6.61 Å². The fraction of sp³-hybridized carbons (Fsp3) is 0.360. The number of hydrogen-bond donors (Lipinski definition) is 1. The zero-order chi connectivity index (χ0) is 21.1. The van der Waals surface area contributed by atoms with Gasteiger partial charge in [-0.05, 0) is 81.5 Å². The van der Waals surface area contributed by atoms with Crippen molar-refractivity contribution in [2.24, 2.45) is 0 Å². The molecule has 0 aliphatic carbocycles. The van der Waals surface area contributed by atoms with E-state index in [2.05, 4.69) is 35.3 Å². The second-order valence-corrected chi connectivity index (χ2v) is 8.25. The second-order valence-electron chi connectivity index (χ2n) is 8.25. The molecule has 2 aromatic carbocycles. The number of pyridine rings is 1. The minimum absolute atomic E-state index is 0.0574. The number of aryl methyl sites for hydroxylation is 2. The van der Waals surface area contributed by atoms with Gasteiger partial charge in [0.25, 0.3) is 5.91 Å². The van der Waals surface area contributed by atoms with Gasteiger partial charge in [-0.3, -0.25) is 4.79 Å². The molecule has 30 heavy (non-hydrogen) atoms. The monoisotopic (exact) mass is 403 g/mol. The summed E-state index contributed by atoms with van der Waals surface area (Å²) in [6.45, 7) is 7.26. The number of rotatable bonds is 5. The standard InChI is InChI=1S/C25H29N3O2/c1-17-13-18(2)15-21(14-17)26-24(29)16-30-22-9-6-8-20-10-11-23(27-25(20)22)28-12-5-4-7-19(28)3/h6,8-11,13-15,19H,4-5,7,12,16H2,1-3H3,(H,26,29). The highest BCUT2D eigenvalue weighted by molar-refractivity contribution is 5.92. The van der Waals surface area contributed by atoms with E-state index in [1.54, 1.807) is 0 Å². The number of aromatic nitrogens is 1. The Morgan fingerprint density at radius 1 is 1.13 bits per heavy atom. The lowest BCUT2D eigenvalue weighted by atomic mass is 10.0. The maximum atomic E-state index is 12.4. The average Bonchev–Trinajstić information content (AvgIpc) is 2.71. The van der Waals surface area contributed by atoms with Crippen molar-refractivity contribution in [3.8, 4) is 5.75 Å². The molecule has 0 saturated carbocycles. The first-order valence-corrected chi connectivity index (χ1v) is 10.7. The van der Waals surface area contributed by atoms with Gasteiger partial charge >= 0.3 is 0 Å². The summed E-state index contributed by atoms with van der Waals surface area (Å²) < 4.78 is 5.89. The quantitative estimate of drug-likeness (QED) is 0.632. The minimum atomic E-state index is -0.183. The topological polar surface area (TPSA) is 54.5 Å². The highest BCUT2D eigenvalue weighted by Crippen LogP contribution is 2.29. The van der Waals surface area contributed by atoms with Gasteiger partial charge in [-0.1, -0.05) is 18.2 Å². The molecule has 5 nitrogen and oxygen atoms in total. The first kappa shape index (κ1) is 20.2. The first-order chi connectivity index (χ1) is 14.5. The van der Waals surface area contributed by atoms with Gasteiger partial charge in [-0.2, -0.15) is 0 Å². The van der Waals surface area contributed by atoms with Crippen LogP contribution in [-0.4, -0.2) is 30.1 Å². The van der Waals surface area contributed by atoms with Crippen molar-refractivity contribution in [3.05, 3.63) is 59.7 Å². The Morgan fingerprint density at radius 2 is 1.93 bits per heavy atom. The molecule has 1 saturated heterocycles. The summed E-state index contributed by atoms with van der Waals surface area (Å²) in [5.41, 5.74) is 3.82. The zero-order valence-electron chi connectivity index (χ0n) is 17.9. The first-order valence-electron chi connectivity index (χ1n) is 10.7. The van der Waals surface area contributed by atoms with E-state index in [4.69, 9.17) is 9.72 Å². The minimum Gasteiger partial charge on any atom is -0.481 e. The third kappa shape index (κ3) is 4.56. The molecule has 1 amide bonds. The molecular weight excluding hydrogens is 374 g/mol. The van der Waals surface area contributed by atoms with Crippen molar-refractivity contribution < 1.29 is 9.53 Å². The van der Waals surface area contributed by atoms with E-state index < -0.39 is 0 Å². The molecule has 1 aliphatic heterocycles. The zero-order valence-corrected chi connectivity index (χ0v) is 17.9. The maximum Gasteiger partial charge on any atom is 0.262 e. The lowest BCUT2D eigenvalue weighted by molar-refractivity contribution is -0.118. The van der Waals surface area contributed by atoms with Crippen LogP contribution in [0.2, 0.25) is 0 Å². The molecule has 1 atom stereocenters. The van der Waals surface area contributed by atoms with Gasteiger partial charge in [0.05, 0.1) is 0 Å². The van der Waals surface area contributed by atoms with Crippen molar-refractivity contribution in [3.63, 3.8) is 0 Å². The third-order valence-corrected chi connectivity index (χ3v) is 5.63. The predicted octanol–water partition coefficient (Wildman–Crippen LogP) is 5.25. The summed E-state index contributed by atoms with van der Waals surface area (Å²) in [6, 6.07) is 16.5. The van der Waals surface area contributed by atoms with Crippen LogP contribution in [0.4, 0.5) is 11.5 Å². The van der Waals surface area contributed by atoms with Crippen LogP contribution in [0.1, 0.15) is 37.3 Å². The second kappa shape index (κ2) is 8.74. The molecule has 1 aromatic heterocycles. The predicted molar refractivity (Wildman–Crippen MR) is 122 cm³/mol. The van der Waals surface area contributed by atoms with E-state index >= 15 is 0 Å². The van der Waals surface area contributed by atoms with Crippen LogP contribution in [0.3, 0.4) is 0 Å². The van der Waals surface area contributed by atoms with Crippen LogP contribution < -0.4 is 15.0 Å². The smallest absolute Gasteiger partial charge is 0.262 e. The van der Waals surface area contributed by atoms with Crippen molar-refractivity contribution in [2.75, 3.05) is 23.4 Å². The molecular formula is C25H29N3O2. The Hall–Kier alpha value is -3.08. The number of amides is 1. The van der Waals surface area contributed by atoms with E-state index in [9.17, 15) is 4.79 Å². The van der Waals surface area contributed by atoms with Crippen LogP contribution in [0.25, 0.3) is 10.9 Å². The van der Waals surface area contributed by atoms with Crippen molar-refractivity contribution in [1.82, 2.24) is 4.98 Å². The fourth-order valence-electron chi connectivity index (χ4n) is 4.21. The number of carbonyl (C=O) groups is 1. The van der Waals surface area contributed by atoms with Crippen molar-refractivity contribution in [1.29, 1.82) is 0 Å². The SMILES string of the molecule is Cc1cc(C)cc(NC(=O)COc2cccc3ccc(N4CCCCC4C)nc23)c1. The molecule has 1 fully saturated rings. The van der Waals surface area contributed by atoms with Crippen molar-refractivity contribution in [2.45, 2.75) is 46.1 Å². The van der Waals surface area contributed by atoms with E-state index in [0.29, 0.717) is 11.8 Å². The molecule has 0 radical (unpaired) electrons. The molecule has 156 valence electrons. The Labute approximate surface area is 178 Å². The fourth-order valence-corrected chi connectivity index (χ4v) is 4.21. The highest BCUT2D eigenvalue weighted by Gasteiger charge is 2.20. The Bertz CT molecular complexity index is 1040. The largest absolute Gasteiger partial charge is 0.481 e. The number of anilines is 2. The van der Waals surface area contributed by atoms with Gasteiger partial charge in [-0.25, -0.2) is 4.98 Å². The van der Waals surface area contributed by atoms with Crippen LogP contribution in [-0.2, 0) is 4.79 Å². The summed E-state index contributed by atoms with van der Waals surface area (Å²) in [5.74, 6) is 1.43. The molecule has 5 heteroatoms. The van der Waals surface area contributed by atoms with Crippen LogP contribution in [0.15, 0.2) is 48.5 Å². The lowest BCUT2D eigenvalue weighted by Gasteiger charge is -2.34. The maximum absolute atomic E-state index is 12.4. The molecule has 1 aliphatic rings. The Morgan fingerprint density at radius 3 is 2.70 bits per heavy atom. The molecule has 1 N–H and O–H groups in total. The summed E-state index contributed by atoms with van der Waals surface area (Å²) in [4.78, 5) is 19.7. The van der Waals surface area contributed by atoms with E-state index in [1.165, 1.54) is 19.3 Å². The number of carbonyl (C=O) groups excluding carboxylic acids is 1. The van der Waals surface area contributed by atoms with Crippen LogP contribution in [0, 0.1) is 13.8 Å². The van der Waals surface area contributed by atoms with Crippen LogP contribution in [0.5, 0.6) is 5.75 Å². The average molecular weight is 404 g/mol. The summed E-state index contributed by atoms with van der Waals surface area (Å²) in [5, 5.41) is 3.93. The highest BCUT2D eigenvalue weighted by atomic mass is 16.5. The number of fused-ring (bicyclic) bond motifs is 1. The summed E-state index contributed by atoms with van der Waals surface area (Å²) >= 11 is 0. The van der Waals surface area contributed by atoms with Gasteiger partial charge in [-0.15, -0.1) is 0 Å². The molecule has 0 spiro atoms. The van der Waals surface area contributed by atoms with Crippen molar-refractivity contribution >= 4 is 28.3 Å². The van der Waals surface area contributed by atoms with Gasteiger partial charge in [0.2, 0.25) is 0 Å². The normalized spacial score (nSPS) is 16.5. The van der Waals surface area contributed by atoms with Gasteiger partial charge < -0.3 is 15.0 Å². The third-order valence-electron chi connectivity index (χ3n) is 5.63. The lowest BCUT2D eigenvalue weighted by Crippen LogP contribution is -2.37. The molecule has 0 bridgehead atoms. The van der Waals surface area contributed by atoms with Gasteiger partial charge in [0.1, 0.15) is 17.1 Å². The molecule has 4 rings (SSSR count). The van der Waals surface area contributed by atoms with E-state index in [0.717, 1.165) is 40.1 Å². The van der Waals surface area contributed by atoms with E-state index in [1.807, 2.05) is 44.2 Å². The van der Waals surface area contributed by atoms with Gasteiger partial charge in [0, 0.05) is 23.7 Å². The summed E-state index contributed by atoms with van der Waals surface area (Å²) in [6.07, 6.45) is 3.66. The number of para-hydroxylation sites is 1. The number of piperidine rings is 1. The number of nitrogens with zero attached hydrogens (tertiary/aromatic N) is 2. The van der Waals surface area contributed by atoms with E-state index in [-0.39, 0.29) is 12.5 Å². The number of benzene rings is 2. The molecule has 1 unspecified atom stereocenters. The Balaban J connectivity index is 1.50. The number of hydrogen-bond acceptors (Lipinski definition) is 4. The Kier molecular flexibility index (Phi) is 5.88. The molecule has 3 aromatic rings. The summed E-state index contributed by atoms with van der Waals surface area (Å²) in [7, 11) is 0.